The van der Waals surface area contributed by atoms with Gasteiger partial charge in [0.05, 0.1) is 0 Å². The fourth-order valence-electron chi connectivity index (χ4n) is 0.666. The van der Waals surface area contributed by atoms with E-state index in [-0.39, 0.29) is 19.0 Å². The van der Waals surface area contributed by atoms with E-state index in [0.29, 0.717) is 5.06 Å². The van der Waals surface area contributed by atoms with Gasteiger partial charge in [0.25, 0.3) is 0 Å². The SMILES string of the molecule is O=[PH2]OCC(=O)COc1cccs1. The number of rotatable bonds is 6. The number of ketones is 1. The van der Waals surface area contributed by atoms with Crippen LogP contribution in [0.3, 0.4) is 0 Å². The lowest BCUT2D eigenvalue weighted by atomic mass is 10.4. The van der Waals surface area contributed by atoms with Crippen LogP contribution < -0.4 is 4.74 Å². The molecule has 1 aromatic rings. The van der Waals surface area contributed by atoms with E-state index >= 15 is 0 Å². The summed E-state index contributed by atoms with van der Waals surface area (Å²) in [6, 6.07) is 3.61. The topological polar surface area (TPSA) is 52.6 Å². The van der Waals surface area contributed by atoms with E-state index in [4.69, 9.17) is 4.74 Å². The summed E-state index contributed by atoms with van der Waals surface area (Å²) in [6.07, 6.45) is 0. The number of carbonyl (C=O) groups excluding carboxylic acids is 1. The van der Waals surface area contributed by atoms with E-state index in [9.17, 15) is 9.36 Å². The van der Waals surface area contributed by atoms with Crippen molar-refractivity contribution in [3.63, 3.8) is 0 Å². The molecule has 6 heteroatoms. The molecule has 0 radical (unpaired) electrons. The van der Waals surface area contributed by atoms with Gasteiger partial charge in [-0.2, -0.15) is 0 Å². The molecule has 0 aromatic carbocycles. The lowest BCUT2D eigenvalue weighted by Gasteiger charge is -2.00. The van der Waals surface area contributed by atoms with Crippen molar-refractivity contribution in [2.75, 3.05) is 13.2 Å². The van der Waals surface area contributed by atoms with Gasteiger partial charge in [-0.05, 0) is 17.5 Å². The van der Waals surface area contributed by atoms with Gasteiger partial charge in [-0.1, -0.05) is 0 Å². The molecule has 0 saturated heterocycles. The fraction of sp³-hybridized carbons (Fsp3) is 0.286. The van der Waals surface area contributed by atoms with Crippen LogP contribution in [0.4, 0.5) is 0 Å². The lowest BCUT2D eigenvalue weighted by Crippen LogP contribution is -2.14. The Morgan fingerprint density at radius 3 is 3.00 bits per heavy atom. The second kappa shape index (κ2) is 5.91. The number of hydrogen-bond donors (Lipinski definition) is 0. The highest BCUT2D eigenvalue weighted by Gasteiger charge is 2.02. The number of ether oxygens (including phenoxy) is 1. The molecule has 1 heterocycles. The zero-order valence-corrected chi connectivity index (χ0v) is 8.74. The quantitative estimate of drug-likeness (QED) is 0.679. The van der Waals surface area contributed by atoms with E-state index in [2.05, 4.69) is 4.52 Å². The van der Waals surface area contributed by atoms with Gasteiger partial charge in [-0.25, -0.2) is 0 Å². The molecular weight excluding hydrogens is 211 g/mol. The van der Waals surface area contributed by atoms with Gasteiger partial charge in [0, 0.05) is 0 Å². The molecule has 13 heavy (non-hydrogen) atoms. The van der Waals surface area contributed by atoms with Gasteiger partial charge in [0.2, 0.25) is 0 Å². The Morgan fingerprint density at radius 1 is 1.54 bits per heavy atom. The van der Waals surface area contributed by atoms with E-state index in [0.717, 1.165) is 0 Å². The Hall–Kier alpha value is -0.640. The largest absolute Gasteiger partial charge is 0.476 e. The number of thiophene rings is 1. The summed E-state index contributed by atoms with van der Waals surface area (Å²) < 4.78 is 19.5. The average molecular weight is 220 g/mol. The molecule has 0 fully saturated rings. The van der Waals surface area contributed by atoms with Crippen molar-refractivity contribution in [2.24, 2.45) is 0 Å². The van der Waals surface area contributed by atoms with Crippen molar-refractivity contribution in [1.82, 2.24) is 0 Å². The third kappa shape index (κ3) is 4.22. The van der Waals surface area contributed by atoms with Crippen LogP contribution in [-0.2, 0) is 13.9 Å². The van der Waals surface area contributed by atoms with Crippen LogP contribution in [0.5, 0.6) is 5.06 Å². The van der Waals surface area contributed by atoms with Crippen LogP contribution in [0.1, 0.15) is 0 Å². The van der Waals surface area contributed by atoms with Crippen LogP contribution in [0.15, 0.2) is 17.5 Å². The molecule has 0 aliphatic heterocycles. The molecule has 1 rings (SSSR count). The van der Waals surface area contributed by atoms with Crippen molar-refractivity contribution >= 4 is 25.8 Å². The highest BCUT2D eigenvalue weighted by Crippen LogP contribution is 2.17. The average Bonchev–Trinajstić information content (AvgIpc) is 2.64. The number of carbonyl (C=O) groups is 1. The predicted molar refractivity (Wildman–Crippen MR) is 51.2 cm³/mol. The Kier molecular flexibility index (Phi) is 4.75. The van der Waals surface area contributed by atoms with Gasteiger partial charge >= 0.3 is 0 Å². The molecule has 72 valence electrons. The predicted octanol–water partition coefficient (Wildman–Crippen LogP) is 1.38. The molecule has 1 unspecified atom stereocenters. The molecule has 0 amide bonds. The highest BCUT2D eigenvalue weighted by atomic mass is 32.1. The fourth-order valence-corrected chi connectivity index (χ4v) is 1.50. The maximum Gasteiger partial charge on any atom is 0.196 e. The molecule has 1 atom stereocenters. The van der Waals surface area contributed by atoms with Crippen LogP contribution in [0.25, 0.3) is 0 Å². The highest BCUT2D eigenvalue weighted by molar-refractivity contribution is 7.17. The molecule has 0 aliphatic rings. The normalized spacial score (nSPS) is 10.8. The first kappa shape index (κ1) is 10.4. The molecule has 0 aliphatic carbocycles. The third-order valence-electron chi connectivity index (χ3n) is 1.18. The molecule has 0 saturated carbocycles. The van der Waals surface area contributed by atoms with Crippen LogP contribution in [-0.4, -0.2) is 19.0 Å². The molecule has 0 N–H and O–H groups in total. The standard InChI is InChI=1S/C7H9O4PS/c8-6(5-11-12-9)4-10-7-2-1-3-13-7/h1-3H,4-5,12H2. The second-order valence-electron chi connectivity index (χ2n) is 2.17. The van der Waals surface area contributed by atoms with Crippen molar-refractivity contribution in [3.8, 4) is 5.06 Å². The van der Waals surface area contributed by atoms with Gasteiger partial charge in [-0.3, -0.25) is 9.36 Å². The van der Waals surface area contributed by atoms with E-state index in [1.807, 2.05) is 11.4 Å². The van der Waals surface area contributed by atoms with E-state index in [1.165, 1.54) is 11.3 Å². The summed E-state index contributed by atoms with van der Waals surface area (Å²) in [4.78, 5) is 10.9. The Labute approximate surface area is 80.8 Å². The summed E-state index contributed by atoms with van der Waals surface area (Å²) in [5, 5.41) is 2.56. The molecule has 4 nitrogen and oxygen atoms in total. The van der Waals surface area contributed by atoms with Crippen LogP contribution in [0.2, 0.25) is 0 Å². The smallest absolute Gasteiger partial charge is 0.196 e. The van der Waals surface area contributed by atoms with Crippen molar-refractivity contribution in [3.05, 3.63) is 17.5 Å². The first-order valence-electron chi connectivity index (χ1n) is 3.56. The Balaban J connectivity index is 2.19. The van der Waals surface area contributed by atoms with Gasteiger partial charge in [0.15, 0.2) is 19.5 Å². The first-order valence-corrected chi connectivity index (χ1v) is 5.38. The van der Waals surface area contributed by atoms with E-state index < -0.39 is 8.69 Å². The summed E-state index contributed by atoms with van der Waals surface area (Å²) >= 11 is 1.42. The monoisotopic (exact) mass is 220 g/mol. The summed E-state index contributed by atoms with van der Waals surface area (Å²) in [7, 11) is -1.31. The zero-order valence-electron chi connectivity index (χ0n) is 6.76. The molecule has 0 spiro atoms. The zero-order chi connectivity index (χ0) is 9.52. The first-order chi connectivity index (χ1) is 6.33. The van der Waals surface area contributed by atoms with Crippen molar-refractivity contribution in [1.29, 1.82) is 0 Å². The molecule has 0 bridgehead atoms. The number of hydrogen-bond acceptors (Lipinski definition) is 5. The minimum atomic E-state index is -1.31. The second-order valence-corrected chi connectivity index (χ2v) is 3.60. The van der Waals surface area contributed by atoms with Crippen molar-refractivity contribution < 1.29 is 18.6 Å². The summed E-state index contributed by atoms with van der Waals surface area (Å²) in [5.74, 6) is -0.211. The van der Waals surface area contributed by atoms with Crippen molar-refractivity contribution in [2.45, 2.75) is 0 Å². The lowest BCUT2D eigenvalue weighted by molar-refractivity contribution is -0.122. The van der Waals surface area contributed by atoms with Crippen LogP contribution in [0, 0.1) is 0 Å². The maximum absolute atomic E-state index is 10.9. The van der Waals surface area contributed by atoms with Gasteiger partial charge < -0.3 is 9.26 Å². The minimum absolute atomic E-state index is 0.0278. The number of Topliss-reactive ketones (excluding diaryl/α,β-unsaturated/α-hetero) is 1. The summed E-state index contributed by atoms with van der Waals surface area (Å²) in [6.45, 7) is -0.163. The Morgan fingerprint density at radius 2 is 2.38 bits per heavy atom. The van der Waals surface area contributed by atoms with E-state index in [1.54, 1.807) is 6.07 Å². The Bertz CT molecular complexity index is 272. The van der Waals surface area contributed by atoms with Gasteiger partial charge in [-0.15, -0.1) is 11.3 Å². The molecule has 1 aromatic heterocycles. The van der Waals surface area contributed by atoms with Gasteiger partial charge in [0.1, 0.15) is 13.2 Å². The summed E-state index contributed by atoms with van der Waals surface area (Å²) in [5.41, 5.74) is 0. The van der Waals surface area contributed by atoms with Crippen LogP contribution >= 0.6 is 20.0 Å². The maximum atomic E-state index is 10.9. The third-order valence-corrected chi connectivity index (χ3v) is 2.27. The molecular formula is C7H9O4PS. The minimum Gasteiger partial charge on any atom is -0.476 e.